The van der Waals surface area contributed by atoms with Crippen LogP contribution in [0.3, 0.4) is 0 Å². The van der Waals surface area contributed by atoms with E-state index in [4.69, 9.17) is 0 Å². The molecule has 1 saturated heterocycles. The number of carbonyl (C=O) groups excluding carboxylic acids is 2. The quantitative estimate of drug-likeness (QED) is 0.868. The molecule has 8 heteroatoms. The lowest BCUT2D eigenvalue weighted by atomic mass is 10.2. The van der Waals surface area contributed by atoms with Crippen LogP contribution >= 0.6 is 0 Å². The molecule has 8 nitrogen and oxygen atoms in total. The third-order valence-corrected chi connectivity index (χ3v) is 4.29. The summed E-state index contributed by atoms with van der Waals surface area (Å²) in [6, 6.07) is 3.18. The monoisotopic (exact) mass is 355 g/mol. The number of aromatic hydroxyl groups is 1. The summed E-state index contributed by atoms with van der Waals surface area (Å²) < 4.78 is 0. The first-order valence-corrected chi connectivity index (χ1v) is 8.49. The van der Waals surface area contributed by atoms with Crippen LogP contribution in [0.5, 0.6) is 5.75 Å². The first-order chi connectivity index (χ1) is 12.5. The van der Waals surface area contributed by atoms with Crippen LogP contribution in [-0.2, 0) is 0 Å². The number of carbonyl (C=O) groups is 2. The van der Waals surface area contributed by atoms with Gasteiger partial charge in [-0.1, -0.05) is 0 Å². The molecule has 0 unspecified atom stereocenters. The molecule has 0 radical (unpaired) electrons. The third-order valence-electron chi connectivity index (χ3n) is 4.29. The van der Waals surface area contributed by atoms with E-state index in [1.807, 2.05) is 6.92 Å². The van der Waals surface area contributed by atoms with Crippen LogP contribution < -0.4 is 0 Å². The maximum atomic E-state index is 12.7. The molecule has 26 heavy (non-hydrogen) atoms. The van der Waals surface area contributed by atoms with Crippen LogP contribution in [0.2, 0.25) is 0 Å². The van der Waals surface area contributed by atoms with Crippen molar-refractivity contribution < 1.29 is 14.7 Å². The summed E-state index contributed by atoms with van der Waals surface area (Å²) in [4.78, 5) is 40.9. The van der Waals surface area contributed by atoms with Crippen LogP contribution in [0.25, 0.3) is 0 Å². The number of amides is 2. The van der Waals surface area contributed by atoms with Crippen molar-refractivity contribution >= 4 is 11.8 Å². The van der Waals surface area contributed by atoms with Gasteiger partial charge in [0.15, 0.2) is 0 Å². The number of aryl methyl sites for hydroxylation is 2. The average Bonchev–Trinajstić information content (AvgIpc) is 2.86. The van der Waals surface area contributed by atoms with Gasteiger partial charge in [0.2, 0.25) is 0 Å². The zero-order chi connectivity index (χ0) is 18.7. The highest BCUT2D eigenvalue weighted by atomic mass is 16.3. The Labute approximate surface area is 151 Å². The predicted molar refractivity (Wildman–Crippen MR) is 93.8 cm³/mol. The molecule has 0 saturated carbocycles. The Morgan fingerprint density at radius 3 is 2.38 bits per heavy atom. The molecule has 2 amide bonds. The van der Waals surface area contributed by atoms with Gasteiger partial charge in [0.1, 0.15) is 17.3 Å². The Morgan fingerprint density at radius 2 is 1.73 bits per heavy atom. The van der Waals surface area contributed by atoms with E-state index in [0.717, 1.165) is 5.69 Å². The highest BCUT2D eigenvalue weighted by Crippen LogP contribution is 2.18. The first-order valence-electron chi connectivity index (χ1n) is 8.49. The lowest BCUT2D eigenvalue weighted by Crippen LogP contribution is -2.37. The second-order valence-electron chi connectivity index (χ2n) is 6.27. The zero-order valence-corrected chi connectivity index (χ0v) is 14.8. The van der Waals surface area contributed by atoms with E-state index >= 15 is 0 Å². The number of nitrogens with zero attached hydrogens (tertiary/aromatic N) is 5. The van der Waals surface area contributed by atoms with Crippen molar-refractivity contribution in [3.8, 4) is 5.75 Å². The zero-order valence-electron chi connectivity index (χ0n) is 14.8. The van der Waals surface area contributed by atoms with E-state index in [1.54, 1.807) is 22.8 Å². The summed E-state index contributed by atoms with van der Waals surface area (Å²) in [5.41, 5.74) is 1.35. The molecule has 0 aromatic carbocycles. The minimum atomic E-state index is -0.257. The minimum Gasteiger partial charge on any atom is -0.505 e. The number of hydrogen-bond acceptors (Lipinski definition) is 6. The van der Waals surface area contributed by atoms with E-state index in [0.29, 0.717) is 44.1 Å². The van der Waals surface area contributed by atoms with E-state index in [-0.39, 0.29) is 23.1 Å². The van der Waals surface area contributed by atoms with Gasteiger partial charge in [-0.25, -0.2) is 9.97 Å². The molecule has 1 aliphatic rings. The maximum absolute atomic E-state index is 12.7. The average molecular weight is 355 g/mol. The first kappa shape index (κ1) is 17.8. The number of rotatable bonds is 2. The van der Waals surface area contributed by atoms with Crippen LogP contribution in [0.1, 0.15) is 38.8 Å². The van der Waals surface area contributed by atoms with Crippen LogP contribution in [0, 0.1) is 13.8 Å². The van der Waals surface area contributed by atoms with Crippen molar-refractivity contribution in [1.82, 2.24) is 24.8 Å². The topological polar surface area (TPSA) is 99.5 Å². The Bertz CT molecular complexity index is 819. The lowest BCUT2D eigenvalue weighted by molar-refractivity contribution is 0.0713. The highest BCUT2D eigenvalue weighted by Gasteiger charge is 2.25. The van der Waals surface area contributed by atoms with Crippen molar-refractivity contribution in [1.29, 1.82) is 0 Å². The lowest BCUT2D eigenvalue weighted by Gasteiger charge is -2.22. The summed E-state index contributed by atoms with van der Waals surface area (Å²) in [7, 11) is 0. The van der Waals surface area contributed by atoms with Crippen LogP contribution in [-0.4, -0.2) is 67.9 Å². The molecule has 2 aromatic rings. The van der Waals surface area contributed by atoms with Crippen molar-refractivity contribution in [3.63, 3.8) is 0 Å². The molecule has 0 bridgehead atoms. The van der Waals surface area contributed by atoms with Gasteiger partial charge in [0.05, 0.1) is 11.8 Å². The van der Waals surface area contributed by atoms with E-state index in [2.05, 4.69) is 15.0 Å². The molecular formula is C18H21N5O3. The second-order valence-corrected chi connectivity index (χ2v) is 6.27. The smallest absolute Gasteiger partial charge is 0.272 e. The predicted octanol–water partition coefficient (Wildman–Crippen LogP) is 1.18. The standard InChI is InChI=1S/C18H21N5O3/c1-12-10-15(21-13(2)20-12)18(26)23-7-3-6-22(8-9-23)17(25)14-4-5-19-11-16(14)24/h4-5,10-11,24H,3,6-9H2,1-2H3. The second kappa shape index (κ2) is 7.47. The van der Waals surface area contributed by atoms with Gasteiger partial charge in [-0.05, 0) is 32.4 Å². The van der Waals surface area contributed by atoms with Gasteiger partial charge >= 0.3 is 0 Å². The fraction of sp³-hybridized carbons (Fsp3) is 0.389. The molecule has 3 heterocycles. The van der Waals surface area contributed by atoms with Crippen molar-refractivity contribution in [2.24, 2.45) is 0 Å². The van der Waals surface area contributed by atoms with Gasteiger partial charge in [0, 0.05) is 38.1 Å². The number of aromatic nitrogens is 3. The molecule has 1 fully saturated rings. The Hall–Kier alpha value is -3.03. The normalized spacial score (nSPS) is 14.8. The van der Waals surface area contributed by atoms with Gasteiger partial charge in [-0.2, -0.15) is 0 Å². The molecule has 0 aliphatic carbocycles. The summed E-state index contributed by atoms with van der Waals surface area (Å²) in [6.07, 6.45) is 3.38. The Morgan fingerprint density at radius 1 is 1.04 bits per heavy atom. The summed E-state index contributed by atoms with van der Waals surface area (Å²) in [6.45, 7) is 5.47. The van der Waals surface area contributed by atoms with E-state index in [9.17, 15) is 14.7 Å². The summed E-state index contributed by atoms with van der Waals surface area (Å²) in [5, 5.41) is 9.83. The molecule has 2 aromatic heterocycles. The van der Waals surface area contributed by atoms with Gasteiger partial charge < -0.3 is 14.9 Å². The molecule has 3 rings (SSSR count). The number of pyridine rings is 1. The van der Waals surface area contributed by atoms with Crippen molar-refractivity contribution in [3.05, 3.63) is 47.3 Å². The van der Waals surface area contributed by atoms with Gasteiger partial charge in [-0.15, -0.1) is 0 Å². The van der Waals surface area contributed by atoms with Crippen LogP contribution in [0.4, 0.5) is 0 Å². The SMILES string of the molecule is Cc1cc(C(=O)N2CCCN(C(=O)c3ccncc3O)CC2)nc(C)n1. The largest absolute Gasteiger partial charge is 0.505 e. The fourth-order valence-electron chi connectivity index (χ4n) is 3.05. The van der Waals surface area contributed by atoms with Crippen LogP contribution in [0.15, 0.2) is 24.5 Å². The highest BCUT2D eigenvalue weighted by molar-refractivity contribution is 5.97. The molecule has 1 aliphatic heterocycles. The molecule has 0 spiro atoms. The number of hydrogen-bond donors (Lipinski definition) is 1. The minimum absolute atomic E-state index is 0.137. The van der Waals surface area contributed by atoms with Gasteiger partial charge in [0.25, 0.3) is 11.8 Å². The van der Waals surface area contributed by atoms with E-state index < -0.39 is 0 Å². The summed E-state index contributed by atoms with van der Waals surface area (Å²) in [5.74, 6) is 0.0161. The molecule has 0 atom stereocenters. The van der Waals surface area contributed by atoms with Crippen molar-refractivity contribution in [2.75, 3.05) is 26.2 Å². The maximum Gasteiger partial charge on any atom is 0.272 e. The molecule has 136 valence electrons. The fourth-order valence-corrected chi connectivity index (χ4v) is 3.05. The van der Waals surface area contributed by atoms with E-state index in [1.165, 1.54) is 18.5 Å². The van der Waals surface area contributed by atoms with Gasteiger partial charge in [-0.3, -0.25) is 14.6 Å². The molecule has 1 N–H and O–H groups in total. The summed E-state index contributed by atoms with van der Waals surface area (Å²) >= 11 is 0. The molecular weight excluding hydrogens is 334 g/mol. The van der Waals surface area contributed by atoms with Crippen molar-refractivity contribution in [2.45, 2.75) is 20.3 Å². The Balaban J connectivity index is 1.71. The third kappa shape index (κ3) is 3.79. The Kier molecular flexibility index (Phi) is 5.11.